The van der Waals surface area contributed by atoms with E-state index < -0.39 is 18.9 Å². The molecule has 0 saturated carbocycles. The molecule has 0 unspecified atom stereocenters. The third-order valence-electron chi connectivity index (χ3n) is 5.18. The van der Waals surface area contributed by atoms with Crippen molar-refractivity contribution in [1.82, 2.24) is 9.97 Å². The summed E-state index contributed by atoms with van der Waals surface area (Å²) in [5.41, 5.74) is 5.89. The molecule has 32 heavy (non-hydrogen) atoms. The number of alkyl halides is 3. The largest absolute Gasteiger partial charge is 0.479 e. The van der Waals surface area contributed by atoms with Crippen molar-refractivity contribution < 1.29 is 32.2 Å². The van der Waals surface area contributed by atoms with Crippen molar-refractivity contribution in [2.24, 2.45) is 11.7 Å². The van der Waals surface area contributed by atoms with E-state index in [0.29, 0.717) is 37.6 Å². The lowest BCUT2D eigenvalue weighted by molar-refractivity contribution is -0.154. The van der Waals surface area contributed by atoms with Gasteiger partial charge in [-0.25, -0.2) is 9.97 Å². The number of amides is 2. The average molecular weight is 451 g/mol. The minimum Gasteiger partial charge on any atom is -0.479 e. The Kier molecular flexibility index (Phi) is 5.76. The number of pyridine rings is 2. The van der Waals surface area contributed by atoms with E-state index in [1.54, 1.807) is 23.2 Å². The molecule has 0 spiro atoms. The number of halogens is 3. The molecule has 2 aromatic rings. The highest BCUT2D eigenvalue weighted by Gasteiger charge is 2.35. The lowest BCUT2D eigenvalue weighted by Gasteiger charge is -2.38. The van der Waals surface area contributed by atoms with Gasteiger partial charge in [-0.05, 0) is 18.2 Å². The van der Waals surface area contributed by atoms with Crippen molar-refractivity contribution >= 4 is 23.3 Å². The predicted molar refractivity (Wildman–Crippen MR) is 106 cm³/mol. The topological polar surface area (TPSA) is 111 Å². The van der Waals surface area contributed by atoms with Crippen molar-refractivity contribution in [1.29, 1.82) is 0 Å². The Morgan fingerprint density at radius 3 is 2.53 bits per heavy atom. The van der Waals surface area contributed by atoms with Gasteiger partial charge in [-0.15, -0.1) is 0 Å². The van der Waals surface area contributed by atoms with Crippen LogP contribution < -0.4 is 25.0 Å². The van der Waals surface area contributed by atoms with Crippen molar-refractivity contribution in [2.75, 3.05) is 36.0 Å². The summed E-state index contributed by atoms with van der Waals surface area (Å²) in [5.74, 6) is 0.00299. The molecule has 170 valence electrons. The van der Waals surface area contributed by atoms with Gasteiger partial charge in [-0.3, -0.25) is 9.59 Å². The number of nitrogens with zero attached hydrogens (tertiary/aromatic N) is 4. The molecule has 4 rings (SSSR count). The van der Waals surface area contributed by atoms with Gasteiger partial charge in [-0.2, -0.15) is 13.2 Å². The summed E-state index contributed by atoms with van der Waals surface area (Å²) < 4.78 is 46.8. The Morgan fingerprint density at radius 1 is 1.16 bits per heavy atom. The second kappa shape index (κ2) is 8.52. The molecule has 4 heterocycles. The van der Waals surface area contributed by atoms with Crippen LogP contribution in [-0.4, -0.2) is 60.3 Å². The van der Waals surface area contributed by atoms with Crippen LogP contribution in [0.15, 0.2) is 36.7 Å². The smallest absolute Gasteiger partial charge is 0.422 e. The van der Waals surface area contributed by atoms with Gasteiger partial charge in [0.05, 0.1) is 24.0 Å². The van der Waals surface area contributed by atoms with Crippen LogP contribution in [0.4, 0.5) is 24.7 Å². The number of hydrogen-bond donors (Lipinski definition) is 1. The molecule has 0 aromatic carbocycles. The van der Waals surface area contributed by atoms with Crippen molar-refractivity contribution in [2.45, 2.75) is 18.7 Å². The molecule has 2 fully saturated rings. The first kappa shape index (κ1) is 21.7. The minimum atomic E-state index is -4.45. The Bertz CT molecular complexity index is 978. The van der Waals surface area contributed by atoms with Crippen LogP contribution in [0.25, 0.3) is 0 Å². The molecule has 2 aliphatic rings. The molecule has 2 saturated heterocycles. The second-order valence-electron chi connectivity index (χ2n) is 7.50. The van der Waals surface area contributed by atoms with E-state index in [0.717, 1.165) is 0 Å². The van der Waals surface area contributed by atoms with Gasteiger partial charge in [0.25, 0.3) is 5.91 Å². The monoisotopic (exact) mass is 451 g/mol. The maximum absolute atomic E-state index is 12.7. The molecule has 0 aliphatic carbocycles. The van der Waals surface area contributed by atoms with E-state index in [9.17, 15) is 22.8 Å². The number of primary amides is 1. The molecular weight excluding hydrogens is 431 g/mol. The van der Waals surface area contributed by atoms with E-state index in [2.05, 4.69) is 14.7 Å². The number of carbonyl (C=O) groups excluding carboxylic acids is 2. The van der Waals surface area contributed by atoms with Gasteiger partial charge in [0.1, 0.15) is 11.6 Å². The van der Waals surface area contributed by atoms with Crippen LogP contribution >= 0.6 is 0 Å². The third-order valence-corrected chi connectivity index (χ3v) is 5.18. The molecule has 0 radical (unpaired) electrons. The maximum atomic E-state index is 12.7. The van der Waals surface area contributed by atoms with Crippen LogP contribution in [0.3, 0.4) is 0 Å². The van der Waals surface area contributed by atoms with Gasteiger partial charge in [0, 0.05) is 32.1 Å². The van der Waals surface area contributed by atoms with E-state index in [1.807, 2.05) is 4.90 Å². The van der Waals surface area contributed by atoms with Crippen LogP contribution in [0.2, 0.25) is 0 Å². The zero-order valence-corrected chi connectivity index (χ0v) is 16.8. The van der Waals surface area contributed by atoms with Gasteiger partial charge in [-0.1, -0.05) is 0 Å². The van der Waals surface area contributed by atoms with Crippen molar-refractivity contribution in [3.05, 3.63) is 36.7 Å². The fourth-order valence-corrected chi connectivity index (χ4v) is 3.43. The molecule has 2 aromatic heterocycles. The molecule has 1 atom stereocenters. The first-order valence-corrected chi connectivity index (χ1v) is 9.83. The number of hydrogen-bond acceptors (Lipinski definition) is 7. The van der Waals surface area contributed by atoms with Crippen LogP contribution in [0.5, 0.6) is 11.6 Å². The third kappa shape index (κ3) is 4.84. The van der Waals surface area contributed by atoms with Crippen LogP contribution in [0, 0.1) is 5.92 Å². The molecule has 2 N–H and O–H groups in total. The summed E-state index contributed by atoms with van der Waals surface area (Å²) in [6.45, 7) is 0.0351. The van der Waals surface area contributed by atoms with Gasteiger partial charge in [0.2, 0.25) is 11.8 Å². The fraction of sp³-hybridized carbons (Fsp3) is 0.400. The molecular formula is C20H20F3N5O4. The molecule has 12 heteroatoms. The first-order valence-electron chi connectivity index (χ1n) is 9.83. The average Bonchev–Trinajstić information content (AvgIpc) is 3.06. The summed E-state index contributed by atoms with van der Waals surface area (Å²) in [6.07, 6.45) is -1.97. The van der Waals surface area contributed by atoms with Crippen LogP contribution in [0.1, 0.15) is 6.42 Å². The summed E-state index contributed by atoms with van der Waals surface area (Å²) in [6, 6.07) is 6.20. The molecule has 2 aliphatic heterocycles. The van der Waals surface area contributed by atoms with E-state index in [4.69, 9.17) is 10.5 Å². The Labute approximate surface area is 180 Å². The number of carbonyl (C=O) groups is 2. The zero-order chi connectivity index (χ0) is 22.9. The van der Waals surface area contributed by atoms with Crippen molar-refractivity contribution in [3.63, 3.8) is 0 Å². The quantitative estimate of drug-likeness (QED) is 0.680. The Morgan fingerprint density at radius 2 is 1.94 bits per heavy atom. The number of nitrogens with two attached hydrogens (primary N) is 1. The first-order chi connectivity index (χ1) is 15.2. The molecule has 9 nitrogen and oxygen atoms in total. The second-order valence-corrected chi connectivity index (χ2v) is 7.50. The Balaban J connectivity index is 1.31. The normalized spacial score (nSPS) is 19.1. The molecule has 0 bridgehead atoms. The lowest BCUT2D eigenvalue weighted by atomic mass is 10.00. The number of aromatic nitrogens is 2. The van der Waals surface area contributed by atoms with Gasteiger partial charge in [0.15, 0.2) is 12.7 Å². The highest BCUT2D eigenvalue weighted by Crippen LogP contribution is 2.28. The van der Waals surface area contributed by atoms with E-state index in [-0.39, 0.29) is 29.4 Å². The highest BCUT2D eigenvalue weighted by atomic mass is 19.4. The zero-order valence-electron chi connectivity index (χ0n) is 16.8. The van der Waals surface area contributed by atoms with E-state index >= 15 is 0 Å². The standard InChI is InChI=1S/C20H20F3N5O4/c21-20(22,23)11-31-17-4-2-14(8-26-17)32-15-5-6-28(19(15)30)13-1-3-16(25-7-13)27-9-12(10-27)18(24)29/h1-4,7-8,12,15H,5-6,9-11H2,(H2,24,29)/t15-/m1/s1. The van der Waals surface area contributed by atoms with Gasteiger partial charge < -0.3 is 25.0 Å². The van der Waals surface area contributed by atoms with Crippen molar-refractivity contribution in [3.8, 4) is 11.6 Å². The summed E-state index contributed by atoms with van der Waals surface area (Å²) in [5, 5.41) is 0. The minimum absolute atomic E-state index is 0.172. The molecule has 2 amide bonds. The SMILES string of the molecule is NC(=O)C1CN(c2ccc(N3CC[C@@H](Oc4ccc(OCC(F)(F)F)nc4)C3=O)cn2)C1. The summed E-state index contributed by atoms with van der Waals surface area (Å²) in [4.78, 5) is 35.5. The summed E-state index contributed by atoms with van der Waals surface area (Å²) >= 11 is 0. The predicted octanol–water partition coefficient (Wildman–Crippen LogP) is 1.52. The number of anilines is 2. The fourth-order valence-electron chi connectivity index (χ4n) is 3.43. The van der Waals surface area contributed by atoms with E-state index in [1.165, 1.54) is 18.3 Å². The van der Waals surface area contributed by atoms with Gasteiger partial charge >= 0.3 is 6.18 Å². The maximum Gasteiger partial charge on any atom is 0.422 e. The Hall–Kier alpha value is -3.57. The lowest BCUT2D eigenvalue weighted by Crippen LogP contribution is -2.52. The number of ether oxygens (including phenoxy) is 2. The van der Waals surface area contributed by atoms with Crippen LogP contribution in [-0.2, 0) is 9.59 Å². The highest BCUT2D eigenvalue weighted by molar-refractivity contribution is 5.99. The number of rotatable bonds is 7. The summed E-state index contributed by atoms with van der Waals surface area (Å²) in [7, 11) is 0.